The molecule has 0 N–H and O–H groups in total. The van der Waals surface area contributed by atoms with E-state index >= 15 is 0 Å². The van der Waals surface area contributed by atoms with Gasteiger partial charge in [0.2, 0.25) is 5.91 Å². The fourth-order valence-electron chi connectivity index (χ4n) is 2.06. The van der Waals surface area contributed by atoms with Gasteiger partial charge in [-0.3, -0.25) is 4.79 Å². The normalized spacial score (nSPS) is 18.8. The van der Waals surface area contributed by atoms with Gasteiger partial charge < -0.3 is 4.90 Å². The van der Waals surface area contributed by atoms with Crippen molar-refractivity contribution in [3.63, 3.8) is 0 Å². The Hall–Kier alpha value is -0.730. The van der Waals surface area contributed by atoms with Gasteiger partial charge in [0.25, 0.3) is 0 Å². The molecule has 2 rings (SSSR count). The first kappa shape index (κ1) is 12.7. The number of rotatable bonds is 2. The van der Waals surface area contributed by atoms with Crippen molar-refractivity contribution in [1.82, 2.24) is 4.90 Å². The Morgan fingerprint density at radius 2 is 2.06 bits per heavy atom. The van der Waals surface area contributed by atoms with Crippen LogP contribution in [0.15, 0.2) is 18.2 Å². The van der Waals surface area contributed by atoms with Gasteiger partial charge in [0.15, 0.2) is 0 Å². The first-order valence-corrected chi connectivity index (χ1v) is 6.39. The van der Waals surface area contributed by atoms with Gasteiger partial charge in [0, 0.05) is 28.5 Å². The molecule has 0 radical (unpaired) electrons. The molecule has 17 heavy (non-hydrogen) atoms. The third-order valence-corrected chi connectivity index (χ3v) is 3.84. The van der Waals surface area contributed by atoms with E-state index in [1.807, 2.05) is 24.8 Å². The number of hydrogen-bond donors (Lipinski definition) is 0. The molecule has 0 atom stereocenters. The lowest BCUT2D eigenvalue weighted by atomic mass is 9.92. The largest absolute Gasteiger partial charge is 0.338 e. The van der Waals surface area contributed by atoms with Crippen molar-refractivity contribution >= 4 is 29.1 Å². The van der Waals surface area contributed by atoms with E-state index in [9.17, 15) is 4.79 Å². The first-order valence-electron chi connectivity index (χ1n) is 5.63. The van der Waals surface area contributed by atoms with E-state index in [4.69, 9.17) is 23.2 Å². The summed E-state index contributed by atoms with van der Waals surface area (Å²) in [6.45, 7) is 5.33. The predicted octanol–water partition coefficient (Wildman–Crippen LogP) is 3.75. The summed E-state index contributed by atoms with van der Waals surface area (Å²) in [6, 6.07) is 5.39. The molecule has 1 aromatic rings. The van der Waals surface area contributed by atoms with Crippen LogP contribution in [0.4, 0.5) is 0 Å². The molecule has 0 saturated carbocycles. The van der Waals surface area contributed by atoms with E-state index in [1.165, 1.54) is 0 Å². The van der Waals surface area contributed by atoms with Crippen LogP contribution >= 0.6 is 23.2 Å². The van der Waals surface area contributed by atoms with Crippen LogP contribution in [0.1, 0.15) is 25.8 Å². The van der Waals surface area contributed by atoms with Crippen LogP contribution in [0.2, 0.25) is 10.0 Å². The molecule has 0 unspecified atom stereocenters. The van der Waals surface area contributed by atoms with Crippen molar-refractivity contribution in [3.8, 4) is 0 Å². The van der Waals surface area contributed by atoms with Crippen molar-refractivity contribution in [3.05, 3.63) is 33.8 Å². The molecule has 1 aromatic carbocycles. The highest BCUT2D eigenvalue weighted by Gasteiger charge is 2.38. The Balaban J connectivity index is 2.15. The lowest BCUT2D eigenvalue weighted by Crippen LogP contribution is -2.30. The van der Waals surface area contributed by atoms with Crippen molar-refractivity contribution < 1.29 is 4.79 Å². The Kier molecular flexibility index (Phi) is 3.37. The topological polar surface area (TPSA) is 20.3 Å². The van der Waals surface area contributed by atoms with Crippen molar-refractivity contribution in [2.45, 2.75) is 26.8 Å². The molecule has 1 heterocycles. The van der Waals surface area contributed by atoms with Crippen LogP contribution < -0.4 is 0 Å². The summed E-state index contributed by atoms with van der Waals surface area (Å²) in [4.78, 5) is 13.9. The maximum atomic E-state index is 12.1. The second-order valence-corrected chi connectivity index (χ2v) is 5.94. The number of carbonyl (C=O) groups is 1. The first-order chi connectivity index (χ1) is 7.90. The second kappa shape index (κ2) is 4.51. The van der Waals surface area contributed by atoms with Gasteiger partial charge in [0.1, 0.15) is 0 Å². The minimum absolute atomic E-state index is 0.198. The van der Waals surface area contributed by atoms with Crippen molar-refractivity contribution in [2.75, 3.05) is 6.54 Å². The molecule has 0 aromatic heterocycles. The molecular formula is C13H15Cl2NO. The Morgan fingerprint density at radius 1 is 1.35 bits per heavy atom. The van der Waals surface area contributed by atoms with E-state index in [2.05, 4.69) is 0 Å². The maximum Gasteiger partial charge on any atom is 0.228 e. The molecule has 92 valence electrons. The van der Waals surface area contributed by atoms with Crippen molar-refractivity contribution in [1.29, 1.82) is 0 Å². The number of benzene rings is 1. The number of amides is 1. The number of nitrogens with zero attached hydrogens (tertiary/aromatic N) is 1. The summed E-state index contributed by atoms with van der Waals surface area (Å²) in [7, 11) is 0. The Bertz CT molecular complexity index is 457. The molecule has 1 aliphatic rings. The van der Waals surface area contributed by atoms with Crippen LogP contribution in [0.5, 0.6) is 0 Å². The van der Waals surface area contributed by atoms with Crippen LogP contribution in [0, 0.1) is 5.41 Å². The minimum atomic E-state index is -0.237. The molecule has 0 bridgehead atoms. The molecule has 1 amide bonds. The zero-order valence-electron chi connectivity index (χ0n) is 9.96. The van der Waals surface area contributed by atoms with Crippen LogP contribution in [0.3, 0.4) is 0 Å². The molecule has 2 nitrogen and oxygen atoms in total. The lowest BCUT2D eigenvalue weighted by Gasteiger charge is -2.20. The van der Waals surface area contributed by atoms with Gasteiger partial charge in [-0.1, -0.05) is 43.1 Å². The smallest absolute Gasteiger partial charge is 0.228 e. The van der Waals surface area contributed by atoms with E-state index in [0.29, 0.717) is 16.6 Å². The summed E-state index contributed by atoms with van der Waals surface area (Å²) in [5.41, 5.74) is 0.709. The highest BCUT2D eigenvalue weighted by atomic mass is 35.5. The number of carbonyl (C=O) groups excluding carboxylic acids is 1. The minimum Gasteiger partial charge on any atom is -0.338 e. The van der Waals surface area contributed by atoms with Gasteiger partial charge >= 0.3 is 0 Å². The molecule has 0 spiro atoms. The number of likely N-dealkylation sites (tertiary alicyclic amines) is 1. The summed E-state index contributed by atoms with van der Waals surface area (Å²) >= 11 is 11.9. The highest BCUT2D eigenvalue weighted by Crippen LogP contribution is 2.32. The van der Waals surface area contributed by atoms with E-state index in [1.54, 1.807) is 12.1 Å². The quantitative estimate of drug-likeness (QED) is 0.802. The van der Waals surface area contributed by atoms with E-state index in [-0.39, 0.29) is 11.3 Å². The predicted molar refractivity (Wildman–Crippen MR) is 70.3 cm³/mol. The molecular weight excluding hydrogens is 257 g/mol. The summed E-state index contributed by atoms with van der Waals surface area (Å²) in [5.74, 6) is 0.198. The molecule has 1 aliphatic heterocycles. The molecule has 1 saturated heterocycles. The summed E-state index contributed by atoms with van der Waals surface area (Å²) in [6.07, 6.45) is 0.900. The zero-order valence-corrected chi connectivity index (χ0v) is 11.5. The average molecular weight is 272 g/mol. The fraction of sp³-hybridized carbons (Fsp3) is 0.462. The average Bonchev–Trinajstić information content (AvgIpc) is 2.49. The van der Waals surface area contributed by atoms with Gasteiger partial charge in [-0.05, 0) is 24.1 Å². The van der Waals surface area contributed by atoms with Crippen LogP contribution in [-0.4, -0.2) is 17.4 Å². The zero-order chi connectivity index (χ0) is 12.6. The van der Waals surface area contributed by atoms with Gasteiger partial charge in [-0.2, -0.15) is 0 Å². The Labute approximate surface area is 112 Å². The summed E-state index contributed by atoms with van der Waals surface area (Å²) < 4.78 is 0. The maximum absolute atomic E-state index is 12.1. The Morgan fingerprint density at radius 3 is 2.59 bits per heavy atom. The second-order valence-electron chi connectivity index (χ2n) is 5.10. The third-order valence-electron chi connectivity index (χ3n) is 3.25. The molecule has 4 heteroatoms. The van der Waals surface area contributed by atoms with Crippen molar-refractivity contribution in [2.24, 2.45) is 5.41 Å². The van der Waals surface area contributed by atoms with E-state index in [0.717, 1.165) is 18.5 Å². The monoisotopic (exact) mass is 271 g/mol. The standard InChI is InChI=1S/C13H15Cl2NO/c1-13(2)5-6-16(12(13)17)8-9-3-4-10(14)7-11(9)15/h3-4,7H,5-6,8H2,1-2H3. The summed E-state index contributed by atoms with van der Waals surface area (Å²) in [5, 5.41) is 1.24. The van der Waals surface area contributed by atoms with Gasteiger partial charge in [0.05, 0.1) is 0 Å². The third kappa shape index (κ3) is 2.58. The number of halogens is 2. The SMILES string of the molecule is CC1(C)CCN(Cc2ccc(Cl)cc2Cl)C1=O. The molecule has 0 aliphatic carbocycles. The molecule has 1 fully saturated rings. The van der Waals surface area contributed by atoms with E-state index < -0.39 is 0 Å². The fourth-order valence-corrected chi connectivity index (χ4v) is 2.53. The highest BCUT2D eigenvalue weighted by molar-refractivity contribution is 6.35. The van der Waals surface area contributed by atoms with Gasteiger partial charge in [-0.15, -0.1) is 0 Å². The number of hydrogen-bond acceptors (Lipinski definition) is 1. The van der Waals surface area contributed by atoms with Crippen LogP contribution in [-0.2, 0) is 11.3 Å². The van der Waals surface area contributed by atoms with Crippen LogP contribution in [0.25, 0.3) is 0 Å². The van der Waals surface area contributed by atoms with Gasteiger partial charge in [-0.25, -0.2) is 0 Å². The lowest BCUT2D eigenvalue weighted by molar-refractivity contribution is -0.135.